The van der Waals surface area contributed by atoms with Crippen LogP contribution in [0.4, 0.5) is 0 Å². The van der Waals surface area contributed by atoms with Crippen LogP contribution >= 0.6 is 46.3 Å². The maximum Gasteiger partial charge on any atom is 0.255 e. The maximum atomic E-state index is 12.3. The lowest BCUT2D eigenvalue weighted by Gasteiger charge is -2.38. The highest BCUT2D eigenvalue weighted by molar-refractivity contribution is 14.1. The van der Waals surface area contributed by atoms with Gasteiger partial charge in [-0.2, -0.15) is 0 Å². The minimum atomic E-state index is 0. The van der Waals surface area contributed by atoms with Crippen LogP contribution in [0.2, 0.25) is 0 Å². The van der Waals surface area contributed by atoms with Crippen molar-refractivity contribution in [3.8, 4) is 0 Å². The summed E-state index contributed by atoms with van der Waals surface area (Å²) in [5.41, 5.74) is 0.829. The van der Waals surface area contributed by atoms with Gasteiger partial charge in [0.2, 0.25) is 0 Å². The first-order valence-electron chi connectivity index (χ1n) is 5.38. The molecule has 96 valence electrons. The molecule has 6 heteroatoms. The summed E-state index contributed by atoms with van der Waals surface area (Å²) in [4.78, 5) is 14.2. The van der Waals surface area contributed by atoms with E-state index in [1.54, 1.807) is 11.3 Å². The fraction of sp³-hybridized carbons (Fsp3) is 0.545. The Hall–Kier alpha value is 0.150. The van der Waals surface area contributed by atoms with Crippen LogP contribution in [0.25, 0.3) is 0 Å². The number of nitrogens with zero attached hydrogens (tertiary/aromatic N) is 1. The molecular weight excluding hydrogens is 371 g/mol. The molecule has 2 atom stereocenters. The van der Waals surface area contributed by atoms with E-state index in [4.69, 9.17) is 0 Å². The summed E-state index contributed by atoms with van der Waals surface area (Å²) in [6.07, 6.45) is 0. The van der Waals surface area contributed by atoms with Crippen LogP contribution < -0.4 is 5.32 Å². The summed E-state index contributed by atoms with van der Waals surface area (Å²) in [6, 6.07) is 2.60. The molecule has 1 fully saturated rings. The third kappa shape index (κ3) is 3.33. The molecule has 2 unspecified atom stereocenters. The van der Waals surface area contributed by atoms with Gasteiger partial charge in [0.1, 0.15) is 0 Å². The second kappa shape index (κ2) is 6.36. The zero-order chi connectivity index (χ0) is 11.7. The quantitative estimate of drug-likeness (QED) is 0.753. The van der Waals surface area contributed by atoms with Crippen molar-refractivity contribution >= 4 is 52.2 Å². The van der Waals surface area contributed by atoms with Gasteiger partial charge in [0.15, 0.2) is 0 Å². The predicted octanol–water partition coefficient (Wildman–Crippen LogP) is 2.60. The molecule has 2 rings (SSSR count). The maximum absolute atomic E-state index is 12.3. The molecule has 1 aromatic heterocycles. The second-order valence-corrected chi connectivity index (χ2v) is 6.93. The molecule has 1 aliphatic rings. The topological polar surface area (TPSA) is 32.3 Å². The predicted molar refractivity (Wildman–Crippen MR) is 82.2 cm³/mol. The molecule has 17 heavy (non-hydrogen) atoms. The molecule has 0 aliphatic carbocycles. The molecule has 0 aromatic carbocycles. The molecule has 1 N–H and O–H groups in total. The van der Waals surface area contributed by atoms with E-state index in [-0.39, 0.29) is 24.4 Å². The van der Waals surface area contributed by atoms with E-state index in [2.05, 4.69) is 41.8 Å². The summed E-state index contributed by atoms with van der Waals surface area (Å²) >= 11 is 3.87. The third-order valence-corrected chi connectivity index (χ3v) is 4.90. The van der Waals surface area contributed by atoms with Crippen LogP contribution in [-0.4, -0.2) is 36.0 Å². The average Bonchev–Trinajstić information content (AvgIpc) is 2.68. The number of piperazine rings is 1. The summed E-state index contributed by atoms with van der Waals surface area (Å²) in [5, 5.41) is 5.33. The second-order valence-electron chi connectivity index (χ2n) is 4.12. The van der Waals surface area contributed by atoms with Gasteiger partial charge in [-0.25, -0.2) is 0 Å². The van der Waals surface area contributed by atoms with Crippen molar-refractivity contribution in [1.82, 2.24) is 10.2 Å². The Balaban J connectivity index is 0.00000144. The van der Waals surface area contributed by atoms with Gasteiger partial charge in [0.05, 0.1) is 8.45 Å². The van der Waals surface area contributed by atoms with Crippen molar-refractivity contribution in [2.24, 2.45) is 0 Å². The number of hydrogen-bond acceptors (Lipinski definition) is 3. The van der Waals surface area contributed by atoms with E-state index in [9.17, 15) is 4.79 Å². The number of rotatable bonds is 1. The molecule has 1 amide bonds. The standard InChI is InChI=1S/C11H15IN2OS.ClH/c1-7-8(2)14(4-3-13-7)11(15)9-5-10(12)16-6-9;/h5-8,13H,3-4H2,1-2H3;1H. The lowest BCUT2D eigenvalue weighted by molar-refractivity contribution is 0.0603. The zero-order valence-corrected chi connectivity index (χ0v) is 13.6. The average molecular weight is 387 g/mol. The smallest absolute Gasteiger partial charge is 0.255 e. The molecular formula is C11H16ClIN2OS. The summed E-state index contributed by atoms with van der Waals surface area (Å²) in [6.45, 7) is 5.92. The van der Waals surface area contributed by atoms with E-state index in [0.29, 0.717) is 6.04 Å². The summed E-state index contributed by atoms with van der Waals surface area (Å²) in [5.74, 6) is 0.167. The molecule has 3 nitrogen and oxygen atoms in total. The molecule has 1 aromatic rings. The number of hydrogen-bond donors (Lipinski definition) is 1. The van der Waals surface area contributed by atoms with Crippen LogP contribution in [0.3, 0.4) is 0 Å². The van der Waals surface area contributed by atoms with Crippen molar-refractivity contribution in [3.05, 3.63) is 19.9 Å². The highest BCUT2D eigenvalue weighted by Crippen LogP contribution is 2.20. The van der Waals surface area contributed by atoms with Gasteiger partial charge in [-0.3, -0.25) is 4.79 Å². The van der Waals surface area contributed by atoms with E-state index < -0.39 is 0 Å². The minimum absolute atomic E-state index is 0. The molecule has 1 aliphatic heterocycles. The Labute approximate surface area is 126 Å². The number of thiophene rings is 1. The number of nitrogens with one attached hydrogen (secondary N) is 1. The lowest BCUT2D eigenvalue weighted by atomic mass is 10.1. The molecule has 1 saturated heterocycles. The first-order valence-corrected chi connectivity index (χ1v) is 7.34. The molecule has 0 radical (unpaired) electrons. The van der Waals surface area contributed by atoms with Gasteiger partial charge in [0, 0.05) is 30.6 Å². The van der Waals surface area contributed by atoms with Crippen molar-refractivity contribution in [2.75, 3.05) is 13.1 Å². The van der Waals surface area contributed by atoms with Crippen molar-refractivity contribution in [3.63, 3.8) is 0 Å². The van der Waals surface area contributed by atoms with Crippen molar-refractivity contribution in [2.45, 2.75) is 25.9 Å². The van der Waals surface area contributed by atoms with Crippen LogP contribution in [0.15, 0.2) is 11.4 Å². The Morgan fingerprint density at radius 1 is 1.59 bits per heavy atom. The molecule has 0 spiro atoms. The number of halogens is 2. The normalized spacial score (nSPS) is 24.3. The zero-order valence-electron chi connectivity index (χ0n) is 9.77. The monoisotopic (exact) mass is 386 g/mol. The Morgan fingerprint density at radius 2 is 2.29 bits per heavy atom. The van der Waals surface area contributed by atoms with Crippen LogP contribution in [0.1, 0.15) is 24.2 Å². The highest BCUT2D eigenvalue weighted by atomic mass is 127. The van der Waals surface area contributed by atoms with Gasteiger partial charge in [-0.15, -0.1) is 23.7 Å². The van der Waals surface area contributed by atoms with Crippen molar-refractivity contribution in [1.29, 1.82) is 0 Å². The Morgan fingerprint density at radius 3 is 2.88 bits per heavy atom. The van der Waals surface area contributed by atoms with Gasteiger partial charge in [0.25, 0.3) is 5.91 Å². The van der Waals surface area contributed by atoms with E-state index in [1.165, 1.54) is 0 Å². The molecule has 0 saturated carbocycles. The van der Waals surface area contributed by atoms with E-state index in [1.807, 2.05) is 16.3 Å². The van der Waals surface area contributed by atoms with Crippen LogP contribution in [0, 0.1) is 2.88 Å². The minimum Gasteiger partial charge on any atom is -0.333 e. The Kier molecular flexibility index (Phi) is 5.69. The van der Waals surface area contributed by atoms with Crippen molar-refractivity contribution < 1.29 is 4.79 Å². The lowest BCUT2D eigenvalue weighted by Crippen LogP contribution is -2.57. The highest BCUT2D eigenvalue weighted by Gasteiger charge is 2.28. The fourth-order valence-electron chi connectivity index (χ4n) is 1.93. The molecule has 0 bridgehead atoms. The van der Waals surface area contributed by atoms with Crippen LogP contribution in [-0.2, 0) is 0 Å². The van der Waals surface area contributed by atoms with Gasteiger partial charge in [-0.1, -0.05) is 0 Å². The van der Waals surface area contributed by atoms with Gasteiger partial charge < -0.3 is 10.2 Å². The number of carbonyl (C=O) groups excluding carboxylic acids is 1. The molecule has 2 heterocycles. The Bertz CT molecular complexity index is 399. The van der Waals surface area contributed by atoms with E-state index in [0.717, 1.165) is 21.5 Å². The first kappa shape index (κ1) is 15.2. The van der Waals surface area contributed by atoms with E-state index >= 15 is 0 Å². The van der Waals surface area contributed by atoms with Gasteiger partial charge >= 0.3 is 0 Å². The number of amides is 1. The first-order chi connectivity index (χ1) is 7.59. The summed E-state index contributed by atoms with van der Waals surface area (Å²) in [7, 11) is 0. The fourth-order valence-corrected chi connectivity index (χ4v) is 3.25. The third-order valence-electron chi connectivity index (χ3n) is 3.11. The largest absolute Gasteiger partial charge is 0.333 e. The number of carbonyl (C=O) groups is 1. The van der Waals surface area contributed by atoms with Gasteiger partial charge in [-0.05, 0) is 42.5 Å². The SMILES string of the molecule is CC1NCCN(C(=O)c2csc(I)c2)C1C.Cl. The summed E-state index contributed by atoms with van der Waals surface area (Å²) < 4.78 is 1.16. The van der Waals surface area contributed by atoms with Crippen LogP contribution in [0.5, 0.6) is 0 Å².